The summed E-state index contributed by atoms with van der Waals surface area (Å²) < 4.78 is 36.2. The largest absolute Gasteiger partial charge is 0.496 e. The molecular weight excluding hydrogens is 640 g/mol. The Morgan fingerprint density at radius 1 is 0.979 bits per heavy atom. The van der Waals surface area contributed by atoms with Gasteiger partial charge in [-0.25, -0.2) is 9.48 Å². The highest BCUT2D eigenvalue weighted by Crippen LogP contribution is 2.40. The van der Waals surface area contributed by atoms with Crippen LogP contribution >= 0.6 is 12.6 Å². The van der Waals surface area contributed by atoms with E-state index in [1.165, 1.54) is 0 Å². The molecule has 0 saturated carbocycles. The van der Waals surface area contributed by atoms with E-state index in [1.807, 2.05) is 63.4 Å². The Balaban J connectivity index is 1.51. The zero-order chi connectivity index (χ0) is 35.2. The minimum atomic E-state index is -1.10. The number of ether oxygens (including phenoxy) is 6. The molecule has 1 heterocycles. The topological polar surface area (TPSA) is 152 Å². The third kappa shape index (κ3) is 12.4. The van der Waals surface area contributed by atoms with E-state index in [4.69, 9.17) is 28.4 Å². The fourth-order valence-corrected chi connectivity index (χ4v) is 5.01. The fraction of sp³-hybridized carbons (Fsp3) is 0.529. The molecule has 13 nitrogen and oxygen atoms in total. The van der Waals surface area contributed by atoms with Crippen LogP contribution in [0.4, 0.5) is 0 Å². The number of benzene rings is 2. The molecule has 2 unspecified atom stereocenters. The van der Waals surface area contributed by atoms with Gasteiger partial charge in [0.15, 0.2) is 0 Å². The average Bonchev–Trinajstić information content (AvgIpc) is 3.50. The van der Waals surface area contributed by atoms with Gasteiger partial charge < -0.3 is 38.8 Å². The Kier molecular flexibility index (Phi) is 15.1. The highest BCUT2D eigenvalue weighted by Gasteiger charge is 2.24. The predicted molar refractivity (Wildman–Crippen MR) is 182 cm³/mol. The van der Waals surface area contributed by atoms with Crippen LogP contribution in [0.5, 0.6) is 11.5 Å². The van der Waals surface area contributed by atoms with Gasteiger partial charge in [0.1, 0.15) is 28.2 Å². The molecule has 0 bridgehead atoms. The standard InChI is InChI=1S/C34H48N4O9S/c1-33(2,11-15-47-34(3,48)12-14-42-4)46-16-13-38-20-27(36-37-38)22-45-21-25-18-29(43-5)31(30(19-25)44-6)26-9-7-24(8-10-26)17-28(32(40)41)35-23-39/h7-10,18-20,23,28,48H,11-17,21-22H2,1-6H3,(H,35,39)(H,40,41). The Bertz CT molecular complexity index is 1420. The molecule has 48 heavy (non-hydrogen) atoms. The summed E-state index contributed by atoms with van der Waals surface area (Å²) in [6.45, 7) is 8.66. The first-order valence-electron chi connectivity index (χ1n) is 15.6. The number of methoxy groups -OCH3 is 3. The summed E-state index contributed by atoms with van der Waals surface area (Å²) in [5.41, 5.74) is 3.49. The van der Waals surface area contributed by atoms with Crippen molar-refractivity contribution in [1.29, 1.82) is 0 Å². The van der Waals surface area contributed by atoms with Crippen molar-refractivity contribution in [3.05, 3.63) is 59.4 Å². The van der Waals surface area contributed by atoms with Crippen molar-refractivity contribution in [2.45, 2.75) is 76.4 Å². The first kappa shape index (κ1) is 38.8. The minimum Gasteiger partial charge on any atom is -0.496 e. The summed E-state index contributed by atoms with van der Waals surface area (Å²) in [7, 11) is 4.82. The van der Waals surface area contributed by atoms with Crippen molar-refractivity contribution in [2.75, 3.05) is 41.2 Å². The third-order valence-corrected chi connectivity index (χ3v) is 7.97. The maximum Gasteiger partial charge on any atom is 0.326 e. The molecule has 3 rings (SSSR count). The maximum atomic E-state index is 11.4. The van der Waals surface area contributed by atoms with Crippen LogP contribution in [0.3, 0.4) is 0 Å². The van der Waals surface area contributed by atoms with Gasteiger partial charge in [-0.1, -0.05) is 29.5 Å². The highest BCUT2D eigenvalue weighted by atomic mass is 32.1. The summed E-state index contributed by atoms with van der Waals surface area (Å²) in [5, 5.41) is 20.1. The third-order valence-electron chi connectivity index (χ3n) is 7.62. The smallest absolute Gasteiger partial charge is 0.326 e. The highest BCUT2D eigenvalue weighted by molar-refractivity contribution is 7.81. The van der Waals surface area contributed by atoms with Crippen LogP contribution in [0, 0.1) is 0 Å². The quantitative estimate of drug-likeness (QED) is 0.0743. The molecule has 1 amide bonds. The molecule has 0 aliphatic heterocycles. The maximum absolute atomic E-state index is 11.4. The first-order valence-corrected chi connectivity index (χ1v) is 16.1. The van der Waals surface area contributed by atoms with E-state index in [1.54, 1.807) is 26.0 Å². The molecule has 2 N–H and O–H groups in total. The lowest BCUT2D eigenvalue weighted by Crippen LogP contribution is -2.37. The number of nitrogens with one attached hydrogen (secondary N) is 1. The molecule has 2 atom stereocenters. The van der Waals surface area contributed by atoms with Gasteiger partial charge in [0.25, 0.3) is 0 Å². The van der Waals surface area contributed by atoms with Crippen LogP contribution < -0.4 is 14.8 Å². The average molecular weight is 689 g/mol. The molecular formula is C34H48N4O9S. The zero-order valence-electron chi connectivity index (χ0n) is 28.6. The van der Waals surface area contributed by atoms with Gasteiger partial charge in [-0.3, -0.25) is 4.79 Å². The van der Waals surface area contributed by atoms with Crippen LogP contribution in [0.15, 0.2) is 42.6 Å². The van der Waals surface area contributed by atoms with Crippen molar-refractivity contribution >= 4 is 25.0 Å². The van der Waals surface area contributed by atoms with Gasteiger partial charge in [0, 0.05) is 26.6 Å². The van der Waals surface area contributed by atoms with Crippen LogP contribution in [-0.2, 0) is 54.7 Å². The summed E-state index contributed by atoms with van der Waals surface area (Å²) in [6, 6.07) is 10.1. The Morgan fingerprint density at radius 2 is 1.67 bits per heavy atom. The van der Waals surface area contributed by atoms with Crippen LogP contribution in [0.1, 0.15) is 50.4 Å². The van der Waals surface area contributed by atoms with Crippen LogP contribution in [-0.4, -0.2) is 90.2 Å². The number of hydrogen-bond donors (Lipinski definition) is 3. The van der Waals surface area contributed by atoms with E-state index in [2.05, 4.69) is 28.3 Å². The second kappa shape index (κ2) is 18.7. The molecule has 3 aromatic rings. The van der Waals surface area contributed by atoms with Gasteiger partial charge in [0.2, 0.25) is 6.41 Å². The lowest BCUT2D eigenvalue weighted by Gasteiger charge is -2.29. The Labute approximate surface area is 287 Å². The van der Waals surface area contributed by atoms with Crippen molar-refractivity contribution in [1.82, 2.24) is 20.3 Å². The van der Waals surface area contributed by atoms with E-state index >= 15 is 0 Å². The molecule has 0 spiro atoms. The minimum absolute atomic E-state index is 0.154. The number of carbonyl (C=O) groups excluding carboxylic acids is 1. The van der Waals surface area contributed by atoms with Gasteiger partial charge in [0.05, 0.1) is 64.6 Å². The Hall–Kier alpha value is -3.69. The number of carboxylic acids is 1. The number of rotatable bonds is 23. The second-order valence-electron chi connectivity index (χ2n) is 12.0. The lowest BCUT2D eigenvalue weighted by molar-refractivity contribution is -0.140. The van der Waals surface area contributed by atoms with Gasteiger partial charge in [-0.2, -0.15) is 0 Å². The molecule has 1 aromatic heterocycles. The van der Waals surface area contributed by atoms with E-state index in [0.717, 1.165) is 22.3 Å². The number of carboxylic acid groups (broad SMARTS) is 1. The van der Waals surface area contributed by atoms with Crippen molar-refractivity contribution < 1.29 is 43.1 Å². The number of amides is 1. The van der Waals surface area contributed by atoms with Crippen LogP contribution in [0.25, 0.3) is 11.1 Å². The Morgan fingerprint density at radius 3 is 2.27 bits per heavy atom. The zero-order valence-corrected chi connectivity index (χ0v) is 29.5. The fourth-order valence-electron chi connectivity index (χ4n) is 4.83. The molecule has 0 radical (unpaired) electrons. The van der Waals surface area contributed by atoms with E-state index < -0.39 is 16.9 Å². The number of carbonyl (C=O) groups is 2. The molecule has 14 heteroatoms. The molecule has 2 aromatic carbocycles. The van der Waals surface area contributed by atoms with E-state index in [-0.39, 0.29) is 25.2 Å². The second-order valence-corrected chi connectivity index (χ2v) is 13.0. The SMILES string of the molecule is COCCC(C)(S)OCCC(C)(C)OCCn1cc(COCc2cc(OC)c(-c3ccc(CC(NC=O)C(=O)O)cc3)c(OC)c2)nn1. The van der Waals surface area contributed by atoms with Gasteiger partial charge >= 0.3 is 5.97 Å². The van der Waals surface area contributed by atoms with E-state index in [0.29, 0.717) is 62.8 Å². The van der Waals surface area contributed by atoms with Crippen molar-refractivity contribution in [3.8, 4) is 22.6 Å². The van der Waals surface area contributed by atoms with Gasteiger partial charge in [-0.05, 0) is 56.0 Å². The molecule has 0 saturated heterocycles. The lowest BCUT2D eigenvalue weighted by atomic mass is 9.98. The summed E-state index contributed by atoms with van der Waals surface area (Å²) >= 11 is 4.57. The normalized spacial score (nSPS) is 13.5. The first-order chi connectivity index (χ1) is 22.9. The van der Waals surface area contributed by atoms with E-state index in [9.17, 15) is 14.7 Å². The molecule has 264 valence electrons. The number of aliphatic carboxylic acids is 1. The molecule has 0 aliphatic rings. The summed E-state index contributed by atoms with van der Waals surface area (Å²) in [5.74, 6) is 0.0895. The predicted octanol–water partition coefficient (Wildman–Crippen LogP) is 4.31. The summed E-state index contributed by atoms with van der Waals surface area (Å²) in [4.78, 5) is 21.6. The monoisotopic (exact) mass is 688 g/mol. The van der Waals surface area contributed by atoms with Crippen molar-refractivity contribution in [2.24, 2.45) is 0 Å². The number of nitrogens with zero attached hydrogens (tertiary/aromatic N) is 3. The molecule has 0 aliphatic carbocycles. The van der Waals surface area contributed by atoms with Crippen LogP contribution in [0.2, 0.25) is 0 Å². The summed E-state index contributed by atoms with van der Waals surface area (Å²) in [6.07, 6.45) is 3.79. The molecule has 0 fully saturated rings. The number of aromatic nitrogens is 3. The number of hydrogen-bond acceptors (Lipinski definition) is 11. The van der Waals surface area contributed by atoms with Crippen molar-refractivity contribution in [3.63, 3.8) is 0 Å². The number of thiol groups is 1. The van der Waals surface area contributed by atoms with Gasteiger partial charge in [-0.15, -0.1) is 17.7 Å².